The highest BCUT2D eigenvalue weighted by molar-refractivity contribution is 5.79. The van der Waals surface area contributed by atoms with E-state index in [1.807, 2.05) is 31.2 Å². The third-order valence-electron chi connectivity index (χ3n) is 7.42. The lowest BCUT2D eigenvalue weighted by molar-refractivity contribution is -0.141. The van der Waals surface area contributed by atoms with Crippen molar-refractivity contribution in [1.29, 1.82) is 0 Å². The summed E-state index contributed by atoms with van der Waals surface area (Å²) in [5.74, 6) is 0.549. The molecule has 8 nitrogen and oxygen atoms in total. The van der Waals surface area contributed by atoms with E-state index in [9.17, 15) is 9.90 Å². The molecule has 0 radical (unpaired) electrons. The molecule has 36 heavy (non-hydrogen) atoms. The predicted octanol–water partition coefficient (Wildman–Crippen LogP) is 4.53. The van der Waals surface area contributed by atoms with Crippen LogP contribution in [0.25, 0.3) is 0 Å². The third-order valence-corrected chi connectivity index (χ3v) is 7.42. The fourth-order valence-corrected chi connectivity index (χ4v) is 5.67. The highest BCUT2D eigenvalue weighted by atomic mass is 16.7. The van der Waals surface area contributed by atoms with Crippen LogP contribution in [0.5, 0.6) is 28.7 Å². The fraction of sp³-hybridized carbons (Fsp3) is 0.321. The SMILES string of the molecule is COc1cc([C@@H]2c3cc4c(cc3[C@@H](Nc3ccc(C)cc3)[C@H]3COC(=O)[C@H]23)OCO4)cc(OC)c1O. The standard InChI is InChI=1S/C28H27NO7/c1-14-4-6-16(7-5-14)29-26-18-11-21-20(35-13-36-21)10-17(18)24(25-19(26)12-34-28(25)31)15-8-22(32-2)27(30)23(9-15)33-3/h4-11,19,24-26,29-30H,12-13H2,1-3H3/t19-,24+,25-,26+/m0/s1. The van der Waals surface area contributed by atoms with Gasteiger partial charge >= 0.3 is 5.97 Å². The van der Waals surface area contributed by atoms with Crippen LogP contribution in [0.1, 0.15) is 34.2 Å². The first-order valence-corrected chi connectivity index (χ1v) is 11.9. The fourth-order valence-electron chi connectivity index (χ4n) is 5.67. The molecule has 186 valence electrons. The number of rotatable bonds is 5. The van der Waals surface area contributed by atoms with Crippen LogP contribution in [0.2, 0.25) is 0 Å². The Morgan fingerprint density at radius 3 is 2.19 bits per heavy atom. The van der Waals surface area contributed by atoms with Gasteiger partial charge in [0.2, 0.25) is 12.5 Å². The number of nitrogens with one attached hydrogen (secondary N) is 1. The minimum Gasteiger partial charge on any atom is -0.502 e. The van der Waals surface area contributed by atoms with Crippen LogP contribution in [0.3, 0.4) is 0 Å². The Kier molecular flexibility index (Phi) is 5.32. The van der Waals surface area contributed by atoms with Gasteiger partial charge in [-0.1, -0.05) is 17.7 Å². The van der Waals surface area contributed by atoms with Crippen LogP contribution in [-0.4, -0.2) is 38.7 Å². The normalized spacial score (nSPS) is 23.5. The van der Waals surface area contributed by atoms with Gasteiger partial charge in [0.25, 0.3) is 0 Å². The summed E-state index contributed by atoms with van der Waals surface area (Å²) >= 11 is 0. The molecule has 0 unspecified atom stereocenters. The monoisotopic (exact) mass is 489 g/mol. The number of benzene rings is 3. The molecule has 8 heteroatoms. The van der Waals surface area contributed by atoms with Crippen LogP contribution < -0.4 is 24.3 Å². The molecule has 0 aromatic heterocycles. The molecule has 1 saturated heterocycles. The first-order valence-electron chi connectivity index (χ1n) is 11.9. The number of methoxy groups -OCH3 is 2. The molecule has 1 fully saturated rings. The molecule has 1 aliphatic carbocycles. The Labute approximate surface area is 208 Å². The molecule has 4 atom stereocenters. The van der Waals surface area contributed by atoms with Crippen molar-refractivity contribution >= 4 is 11.7 Å². The summed E-state index contributed by atoms with van der Waals surface area (Å²) in [7, 11) is 2.97. The van der Waals surface area contributed by atoms with Gasteiger partial charge in [0.1, 0.15) is 0 Å². The molecule has 2 aliphatic heterocycles. The number of aromatic hydroxyl groups is 1. The van der Waals surface area contributed by atoms with Gasteiger partial charge in [-0.3, -0.25) is 4.79 Å². The van der Waals surface area contributed by atoms with Crippen molar-refractivity contribution in [3.05, 3.63) is 70.8 Å². The largest absolute Gasteiger partial charge is 0.502 e. The maximum absolute atomic E-state index is 13.2. The molecule has 0 spiro atoms. The van der Waals surface area contributed by atoms with Gasteiger partial charge in [-0.2, -0.15) is 0 Å². The second-order valence-corrected chi connectivity index (χ2v) is 9.39. The highest BCUT2D eigenvalue weighted by Crippen LogP contribution is 2.56. The number of phenols is 1. The number of fused-ring (bicyclic) bond motifs is 3. The molecule has 6 rings (SSSR count). The number of carbonyl (C=O) groups excluding carboxylic acids is 1. The lowest BCUT2D eigenvalue weighted by Gasteiger charge is -2.40. The predicted molar refractivity (Wildman–Crippen MR) is 131 cm³/mol. The maximum Gasteiger partial charge on any atom is 0.310 e. The molecular formula is C28H27NO7. The van der Waals surface area contributed by atoms with E-state index in [2.05, 4.69) is 17.4 Å². The summed E-state index contributed by atoms with van der Waals surface area (Å²) in [6, 6.07) is 15.5. The second-order valence-electron chi connectivity index (χ2n) is 9.39. The maximum atomic E-state index is 13.2. The quantitative estimate of drug-likeness (QED) is 0.505. The van der Waals surface area contributed by atoms with Crippen molar-refractivity contribution in [1.82, 2.24) is 0 Å². The number of carbonyl (C=O) groups is 1. The molecule has 3 aliphatic rings. The van der Waals surface area contributed by atoms with Gasteiger partial charge in [-0.25, -0.2) is 0 Å². The second kappa shape index (κ2) is 8.55. The molecular weight excluding hydrogens is 462 g/mol. The number of ether oxygens (including phenoxy) is 5. The Hall–Kier alpha value is -4.07. The van der Waals surface area contributed by atoms with Gasteiger partial charge in [0.05, 0.1) is 32.8 Å². The van der Waals surface area contributed by atoms with Crippen molar-refractivity contribution in [2.24, 2.45) is 11.8 Å². The lowest BCUT2D eigenvalue weighted by Crippen LogP contribution is -2.37. The van der Waals surface area contributed by atoms with Crippen LogP contribution >= 0.6 is 0 Å². The Balaban J connectivity index is 1.55. The van der Waals surface area contributed by atoms with Crippen molar-refractivity contribution in [2.75, 3.05) is 32.9 Å². The topological polar surface area (TPSA) is 95.5 Å². The summed E-state index contributed by atoms with van der Waals surface area (Å²) in [6.45, 7) is 2.49. The zero-order chi connectivity index (χ0) is 25.0. The number of anilines is 1. The van der Waals surface area contributed by atoms with Crippen molar-refractivity contribution in [2.45, 2.75) is 18.9 Å². The van der Waals surface area contributed by atoms with E-state index < -0.39 is 5.92 Å². The van der Waals surface area contributed by atoms with Gasteiger partial charge in [-0.05, 0) is 60.0 Å². The van der Waals surface area contributed by atoms with E-state index in [0.29, 0.717) is 18.1 Å². The van der Waals surface area contributed by atoms with Gasteiger partial charge in [-0.15, -0.1) is 0 Å². The summed E-state index contributed by atoms with van der Waals surface area (Å²) in [5.41, 5.74) is 4.85. The number of hydrogen-bond acceptors (Lipinski definition) is 8. The Morgan fingerprint density at radius 2 is 1.56 bits per heavy atom. The Bertz CT molecular complexity index is 1310. The molecule has 3 aromatic carbocycles. The highest BCUT2D eigenvalue weighted by Gasteiger charge is 2.52. The van der Waals surface area contributed by atoms with E-state index >= 15 is 0 Å². The van der Waals surface area contributed by atoms with Crippen molar-refractivity contribution in [3.63, 3.8) is 0 Å². The van der Waals surface area contributed by atoms with Crippen LogP contribution in [0.4, 0.5) is 5.69 Å². The van der Waals surface area contributed by atoms with Crippen LogP contribution in [0, 0.1) is 18.8 Å². The summed E-state index contributed by atoms with van der Waals surface area (Å²) in [4.78, 5) is 13.2. The van der Waals surface area contributed by atoms with Crippen molar-refractivity contribution in [3.8, 4) is 28.7 Å². The number of phenolic OH excluding ortho intramolecular Hbond substituents is 1. The minimum atomic E-state index is -0.459. The first-order chi connectivity index (χ1) is 17.5. The number of hydrogen-bond donors (Lipinski definition) is 2. The smallest absolute Gasteiger partial charge is 0.310 e. The molecule has 2 heterocycles. The minimum absolute atomic E-state index is 0.0880. The van der Waals surface area contributed by atoms with Gasteiger partial charge < -0.3 is 34.1 Å². The zero-order valence-corrected chi connectivity index (χ0v) is 20.2. The average Bonchev–Trinajstić information content (AvgIpc) is 3.51. The molecule has 0 bridgehead atoms. The molecule has 3 aromatic rings. The molecule has 0 amide bonds. The van der Waals surface area contributed by atoms with Crippen LogP contribution in [-0.2, 0) is 9.53 Å². The lowest BCUT2D eigenvalue weighted by atomic mass is 9.65. The number of esters is 1. The molecule has 0 saturated carbocycles. The van der Waals surface area contributed by atoms with Crippen molar-refractivity contribution < 1.29 is 33.6 Å². The van der Waals surface area contributed by atoms with Gasteiger partial charge in [0.15, 0.2) is 23.0 Å². The van der Waals surface area contributed by atoms with E-state index in [0.717, 1.165) is 22.4 Å². The third kappa shape index (κ3) is 3.47. The number of cyclic esters (lactones) is 1. The van der Waals surface area contributed by atoms with E-state index in [4.69, 9.17) is 23.7 Å². The summed E-state index contributed by atoms with van der Waals surface area (Å²) < 4.78 is 27.9. The van der Waals surface area contributed by atoms with E-state index in [1.165, 1.54) is 19.8 Å². The zero-order valence-electron chi connectivity index (χ0n) is 20.2. The number of aryl methyl sites for hydroxylation is 1. The Morgan fingerprint density at radius 1 is 0.917 bits per heavy atom. The van der Waals surface area contributed by atoms with Crippen LogP contribution in [0.15, 0.2) is 48.5 Å². The van der Waals surface area contributed by atoms with E-state index in [-0.39, 0.29) is 47.9 Å². The summed E-state index contributed by atoms with van der Waals surface area (Å²) in [5, 5.41) is 14.2. The van der Waals surface area contributed by atoms with E-state index in [1.54, 1.807) is 12.1 Å². The first kappa shape index (κ1) is 22.4. The molecule has 2 N–H and O–H groups in total. The summed E-state index contributed by atoms with van der Waals surface area (Å²) in [6.07, 6.45) is 0. The average molecular weight is 490 g/mol. The van der Waals surface area contributed by atoms with Gasteiger partial charge in [0, 0.05) is 17.5 Å².